The Balaban J connectivity index is 2.28. The maximum absolute atomic E-state index is 3.77. The Hall–Kier alpha value is -0.0800. The van der Waals surface area contributed by atoms with E-state index >= 15 is 0 Å². The van der Waals surface area contributed by atoms with E-state index in [-0.39, 0.29) is 0 Å². The molecule has 2 nitrogen and oxygen atoms in total. The van der Waals surface area contributed by atoms with Crippen molar-refractivity contribution in [2.45, 2.75) is 71.8 Å². The smallest absolute Gasteiger partial charge is 0.00818 e. The van der Waals surface area contributed by atoms with Crippen molar-refractivity contribution in [3.05, 3.63) is 0 Å². The summed E-state index contributed by atoms with van der Waals surface area (Å²) in [7, 11) is 0. The Labute approximate surface area is 115 Å². The van der Waals surface area contributed by atoms with Crippen LogP contribution in [0.3, 0.4) is 0 Å². The van der Waals surface area contributed by atoms with E-state index in [1.54, 1.807) is 0 Å². The molecule has 0 aromatic heterocycles. The second-order valence-corrected chi connectivity index (χ2v) is 5.85. The molecule has 2 heteroatoms. The molecule has 1 atom stereocenters. The van der Waals surface area contributed by atoms with Crippen molar-refractivity contribution < 1.29 is 0 Å². The minimum Gasteiger partial charge on any atom is -0.314 e. The van der Waals surface area contributed by atoms with Gasteiger partial charge in [-0.1, -0.05) is 46.5 Å². The molecule has 1 N–H and O–H groups in total. The van der Waals surface area contributed by atoms with Gasteiger partial charge < -0.3 is 10.2 Å². The van der Waals surface area contributed by atoms with Gasteiger partial charge in [-0.3, -0.25) is 0 Å². The zero-order valence-electron chi connectivity index (χ0n) is 12.9. The topological polar surface area (TPSA) is 15.3 Å². The molecule has 0 radical (unpaired) electrons. The van der Waals surface area contributed by atoms with E-state index in [9.17, 15) is 0 Å². The molecular weight excluding hydrogens is 220 g/mol. The number of rotatable bonds is 10. The van der Waals surface area contributed by atoms with Gasteiger partial charge in [0.2, 0.25) is 0 Å². The number of nitrogens with one attached hydrogen (secondary N) is 1. The summed E-state index contributed by atoms with van der Waals surface area (Å²) in [5, 5.41) is 3.77. The van der Waals surface area contributed by atoms with Gasteiger partial charge in [-0.05, 0) is 51.4 Å². The molecule has 108 valence electrons. The van der Waals surface area contributed by atoms with Crippen molar-refractivity contribution in [2.24, 2.45) is 5.92 Å². The number of nitrogens with zero attached hydrogens (tertiary/aromatic N) is 1. The summed E-state index contributed by atoms with van der Waals surface area (Å²) in [4.78, 5) is 2.55. The normalized spacial score (nSPS) is 18.7. The predicted octanol–water partition coefficient (Wildman–Crippen LogP) is 3.67. The summed E-state index contributed by atoms with van der Waals surface area (Å²) in [5.41, 5.74) is 0. The molecule has 1 aliphatic carbocycles. The molecule has 1 fully saturated rings. The van der Waals surface area contributed by atoms with Gasteiger partial charge in [0.05, 0.1) is 0 Å². The van der Waals surface area contributed by atoms with Crippen LogP contribution in [-0.2, 0) is 0 Å². The molecule has 0 spiro atoms. The fraction of sp³-hybridized carbons (Fsp3) is 1.00. The molecule has 1 unspecified atom stereocenters. The van der Waals surface area contributed by atoms with E-state index in [0.29, 0.717) is 0 Å². The monoisotopic (exact) mass is 254 g/mol. The molecule has 0 aromatic rings. The number of hydrogen-bond acceptors (Lipinski definition) is 2. The second-order valence-electron chi connectivity index (χ2n) is 5.85. The molecule has 18 heavy (non-hydrogen) atoms. The van der Waals surface area contributed by atoms with E-state index in [4.69, 9.17) is 0 Å². The highest BCUT2D eigenvalue weighted by molar-refractivity contribution is 4.76. The minimum atomic E-state index is 0.758. The highest BCUT2D eigenvalue weighted by Crippen LogP contribution is 2.29. The molecule has 1 rings (SSSR count). The number of hydrogen-bond donors (Lipinski definition) is 1. The largest absolute Gasteiger partial charge is 0.314 e. The molecule has 0 heterocycles. The first-order valence-corrected chi connectivity index (χ1v) is 8.25. The lowest BCUT2D eigenvalue weighted by Gasteiger charge is -2.25. The Kier molecular flexibility index (Phi) is 8.70. The lowest BCUT2D eigenvalue weighted by atomic mass is 9.96. The van der Waals surface area contributed by atoms with Gasteiger partial charge in [0.15, 0.2) is 0 Å². The summed E-state index contributed by atoms with van der Waals surface area (Å²) in [6, 6.07) is 0.758. The van der Waals surface area contributed by atoms with E-state index < -0.39 is 0 Å². The lowest BCUT2D eigenvalue weighted by Crippen LogP contribution is -2.36. The van der Waals surface area contributed by atoms with Crippen LogP contribution >= 0.6 is 0 Å². The van der Waals surface area contributed by atoms with Crippen molar-refractivity contribution in [2.75, 3.05) is 26.2 Å². The van der Waals surface area contributed by atoms with Gasteiger partial charge in [0.25, 0.3) is 0 Å². The molecule has 0 aromatic carbocycles. The third kappa shape index (κ3) is 6.19. The van der Waals surface area contributed by atoms with Gasteiger partial charge in [0.1, 0.15) is 0 Å². The van der Waals surface area contributed by atoms with Crippen LogP contribution in [0.1, 0.15) is 65.7 Å². The average molecular weight is 254 g/mol. The van der Waals surface area contributed by atoms with Crippen molar-refractivity contribution in [3.8, 4) is 0 Å². The second kappa shape index (κ2) is 9.80. The molecule has 0 bridgehead atoms. The third-order valence-electron chi connectivity index (χ3n) is 4.46. The minimum absolute atomic E-state index is 0.758. The summed E-state index contributed by atoms with van der Waals surface area (Å²) >= 11 is 0. The van der Waals surface area contributed by atoms with Crippen LogP contribution in [0.2, 0.25) is 0 Å². The molecule has 1 saturated carbocycles. The molecule has 1 aliphatic rings. The van der Waals surface area contributed by atoms with Crippen molar-refractivity contribution in [1.82, 2.24) is 10.2 Å². The molecular formula is C16H34N2. The highest BCUT2D eigenvalue weighted by atomic mass is 15.1. The van der Waals surface area contributed by atoms with Crippen LogP contribution in [-0.4, -0.2) is 37.1 Å². The van der Waals surface area contributed by atoms with Crippen molar-refractivity contribution in [3.63, 3.8) is 0 Å². The van der Waals surface area contributed by atoms with Gasteiger partial charge >= 0.3 is 0 Å². The first kappa shape index (κ1) is 16.0. The van der Waals surface area contributed by atoms with Crippen LogP contribution in [0.15, 0.2) is 0 Å². The van der Waals surface area contributed by atoms with E-state index in [1.807, 2.05) is 0 Å². The highest BCUT2D eigenvalue weighted by Gasteiger charge is 2.20. The SMILES string of the molecule is CCCNC(CCN(CC)CC)CC1CCCC1. The van der Waals surface area contributed by atoms with Gasteiger partial charge in [-0.2, -0.15) is 0 Å². The maximum Gasteiger partial charge on any atom is 0.00818 e. The van der Waals surface area contributed by atoms with Crippen molar-refractivity contribution in [1.29, 1.82) is 0 Å². The summed E-state index contributed by atoms with van der Waals surface area (Å²) in [5.74, 6) is 1.01. The summed E-state index contributed by atoms with van der Waals surface area (Å²) in [6.45, 7) is 11.7. The Bertz CT molecular complexity index is 184. The zero-order valence-corrected chi connectivity index (χ0v) is 12.9. The van der Waals surface area contributed by atoms with Crippen molar-refractivity contribution >= 4 is 0 Å². The molecule has 0 amide bonds. The summed E-state index contributed by atoms with van der Waals surface area (Å²) < 4.78 is 0. The van der Waals surface area contributed by atoms with E-state index in [2.05, 4.69) is 31.0 Å². The van der Waals surface area contributed by atoms with Crippen LogP contribution in [0, 0.1) is 5.92 Å². The average Bonchev–Trinajstić information content (AvgIpc) is 2.89. The Morgan fingerprint density at radius 3 is 2.33 bits per heavy atom. The Morgan fingerprint density at radius 1 is 1.11 bits per heavy atom. The Morgan fingerprint density at radius 2 is 1.78 bits per heavy atom. The third-order valence-corrected chi connectivity index (χ3v) is 4.46. The fourth-order valence-corrected chi connectivity index (χ4v) is 3.18. The van der Waals surface area contributed by atoms with Gasteiger partial charge in [0, 0.05) is 6.04 Å². The van der Waals surface area contributed by atoms with Crippen LogP contribution in [0.5, 0.6) is 0 Å². The van der Waals surface area contributed by atoms with E-state index in [0.717, 1.165) is 12.0 Å². The summed E-state index contributed by atoms with van der Waals surface area (Å²) in [6.07, 6.45) is 9.92. The van der Waals surface area contributed by atoms with Crippen LogP contribution in [0.25, 0.3) is 0 Å². The molecule has 0 aliphatic heterocycles. The first-order valence-electron chi connectivity index (χ1n) is 8.25. The first-order chi connectivity index (χ1) is 8.80. The molecule has 0 saturated heterocycles. The standard InChI is InChI=1S/C16H34N2/c1-4-12-17-16(11-13-18(5-2)6-3)14-15-9-7-8-10-15/h15-17H,4-14H2,1-3H3. The predicted molar refractivity (Wildman–Crippen MR) is 81.1 cm³/mol. The van der Waals surface area contributed by atoms with Crippen LogP contribution in [0.4, 0.5) is 0 Å². The lowest BCUT2D eigenvalue weighted by molar-refractivity contribution is 0.266. The quantitative estimate of drug-likeness (QED) is 0.640. The van der Waals surface area contributed by atoms with Crippen LogP contribution < -0.4 is 5.32 Å². The van der Waals surface area contributed by atoms with E-state index in [1.165, 1.54) is 71.1 Å². The fourth-order valence-electron chi connectivity index (χ4n) is 3.18. The van der Waals surface area contributed by atoms with Gasteiger partial charge in [-0.25, -0.2) is 0 Å². The zero-order chi connectivity index (χ0) is 13.2. The maximum atomic E-state index is 3.77. The van der Waals surface area contributed by atoms with Gasteiger partial charge in [-0.15, -0.1) is 0 Å².